The molecular formula is C51H86NO10P. The standard InChI is InChI=1S/C51H86NO10P/c1-3-5-7-9-11-13-15-17-19-21-23-24-25-27-29-31-33-35-37-39-41-43-50(55)60-44-47(53)45-61-63(58,59)62-46-48(51(56)57)52-49(54)42-40-38-36-34-32-30-28-26-22-20-18-16-14-12-10-8-6-4-2/h5,7,11,13,17,19,23-24,27,29,33,35,39,41,47-48,53H,3-4,6,8-10,12,14-16,18,20-22,25-26,28,30-32,34,36-38,40,42-46H2,1-2H3,(H,52,54)(H,56,57)(H,58,59)/b7-5-,13-11-,19-17-,24-23-,29-27-,35-33-,41-39-. The number of esters is 1. The van der Waals surface area contributed by atoms with Crippen molar-refractivity contribution >= 4 is 25.7 Å². The first-order valence-corrected chi connectivity index (χ1v) is 25.6. The van der Waals surface area contributed by atoms with Gasteiger partial charge < -0.3 is 25.2 Å². The molecule has 1 amide bonds. The minimum Gasteiger partial charge on any atom is -0.480 e. The zero-order chi connectivity index (χ0) is 46.3. The van der Waals surface area contributed by atoms with Crippen LogP contribution in [0, 0.1) is 0 Å². The van der Waals surface area contributed by atoms with Crippen LogP contribution < -0.4 is 5.32 Å². The van der Waals surface area contributed by atoms with E-state index >= 15 is 0 Å². The lowest BCUT2D eigenvalue weighted by Crippen LogP contribution is -2.43. The van der Waals surface area contributed by atoms with Gasteiger partial charge in [-0.2, -0.15) is 0 Å². The molecule has 63 heavy (non-hydrogen) atoms. The van der Waals surface area contributed by atoms with E-state index < -0.39 is 57.6 Å². The van der Waals surface area contributed by atoms with Crippen molar-refractivity contribution in [2.75, 3.05) is 19.8 Å². The number of carbonyl (C=O) groups is 3. The molecule has 0 aromatic heterocycles. The molecule has 0 aromatic rings. The summed E-state index contributed by atoms with van der Waals surface area (Å²) in [6.07, 6.45) is 56.3. The lowest BCUT2D eigenvalue weighted by atomic mass is 10.0. The van der Waals surface area contributed by atoms with Crippen LogP contribution in [0.4, 0.5) is 0 Å². The van der Waals surface area contributed by atoms with Crippen molar-refractivity contribution in [3.8, 4) is 0 Å². The molecule has 360 valence electrons. The SMILES string of the molecule is CC/C=C\C/C=C\C/C=C\C/C=C\C/C=C\C/C=C\C/C=C\CC(=O)OCC(O)COP(=O)(O)OCC(NC(=O)CCCCCCCCCCCCCCCCCCCC)C(=O)O. The number of nitrogens with one attached hydrogen (secondary N) is 1. The van der Waals surface area contributed by atoms with E-state index in [2.05, 4.69) is 79.9 Å². The molecule has 3 unspecified atom stereocenters. The first kappa shape index (κ1) is 59.7. The van der Waals surface area contributed by atoms with Crippen LogP contribution in [0.15, 0.2) is 85.1 Å². The summed E-state index contributed by atoms with van der Waals surface area (Å²) in [7, 11) is -4.78. The lowest BCUT2D eigenvalue weighted by Gasteiger charge is -2.18. The van der Waals surface area contributed by atoms with Crippen molar-refractivity contribution in [1.82, 2.24) is 5.32 Å². The number of carboxylic acid groups (broad SMARTS) is 1. The Morgan fingerprint density at radius 2 is 0.889 bits per heavy atom. The second-order valence-corrected chi connectivity index (χ2v) is 17.4. The monoisotopic (exact) mass is 904 g/mol. The number of unbranched alkanes of at least 4 members (excludes halogenated alkanes) is 17. The predicted molar refractivity (Wildman–Crippen MR) is 258 cm³/mol. The molecule has 0 spiro atoms. The van der Waals surface area contributed by atoms with Gasteiger partial charge >= 0.3 is 19.8 Å². The third-order valence-corrected chi connectivity index (χ3v) is 10.9. The van der Waals surface area contributed by atoms with Crippen LogP contribution in [0.1, 0.15) is 187 Å². The Kier molecular flexibility index (Phi) is 42.8. The fraction of sp³-hybridized carbons (Fsp3) is 0.667. The number of phosphoric ester groups is 1. The summed E-state index contributed by atoms with van der Waals surface area (Å²) >= 11 is 0. The van der Waals surface area contributed by atoms with Crippen LogP contribution in [0.25, 0.3) is 0 Å². The molecule has 0 saturated carbocycles. The highest BCUT2D eigenvalue weighted by atomic mass is 31.2. The summed E-state index contributed by atoms with van der Waals surface area (Å²) in [5.41, 5.74) is 0. The van der Waals surface area contributed by atoms with Gasteiger partial charge in [-0.3, -0.25) is 18.6 Å². The molecule has 0 saturated heterocycles. The van der Waals surface area contributed by atoms with Crippen molar-refractivity contribution in [3.05, 3.63) is 85.1 Å². The Balaban J connectivity index is 3.98. The summed E-state index contributed by atoms with van der Waals surface area (Å²) in [4.78, 5) is 46.0. The minimum absolute atomic E-state index is 0.0143. The van der Waals surface area contributed by atoms with Gasteiger partial charge in [0.15, 0.2) is 6.04 Å². The first-order chi connectivity index (χ1) is 30.6. The zero-order valence-corrected chi connectivity index (χ0v) is 40.0. The molecule has 12 heteroatoms. The smallest absolute Gasteiger partial charge is 0.472 e. The Hall–Kier alpha value is -3.34. The number of carboxylic acids is 1. The van der Waals surface area contributed by atoms with Crippen LogP contribution in [-0.4, -0.2) is 64.9 Å². The fourth-order valence-corrected chi connectivity index (χ4v) is 7.06. The maximum absolute atomic E-state index is 12.3. The quantitative estimate of drug-likeness (QED) is 0.0200. The number of hydrogen-bond acceptors (Lipinski definition) is 8. The second kappa shape index (κ2) is 45.2. The number of aliphatic carboxylic acids is 1. The number of phosphoric acid groups is 1. The van der Waals surface area contributed by atoms with E-state index in [0.29, 0.717) is 12.8 Å². The molecular weight excluding hydrogens is 818 g/mol. The van der Waals surface area contributed by atoms with Crippen LogP contribution in [-0.2, 0) is 32.7 Å². The molecule has 0 bridgehead atoms. The van der Waals surface area contributed by atoms with Crippen LogP contribution >= 0.6 is 7.82 Å². The van der Waals surface area contributed by atoms with Gasteiger partial charge in [0.1, 0.15) is 12.7 Å². The van der Waals surface area contributed by atoms with Crippen molar-refractivity contribution < 1.29 is 47.8 Å². The van der Waals surface area contributed by atoms with E-state index in [1.807, 2.05) is 18.2 Å². The molecule has 0 radical (unpaired) electrons. The predicted octanol–water partition coefficient (Wildman–Crippen LogP) is 13.1. The molecule has 0 aromatic carbocycles. The molecule has 0 aliphatic heterocycles. The average Bonchev–Trinajstić information content (AvgIpc) is 3.26. The van der Waals surface area contributed by atoms with E-state index in [1.54, 1.807) is 6.08 Å². The Labute approximate surface area is 381 Å². The highest BCUT2D eigenvalue weighted by Gasteiger charge is 2.28. The summed E-state index contributed by atoms with van der Waals surface area (Å²) in [5.74, 6) is -2.52. The summed E-state index contributed by atoms with van der Waals surface area (Å²) in [5, 5.41) is 21.9. The van der Waals surface area contributed by atoms with Crippen molar-refractivity contribution in [2.24, 2.45) is 0 Å². The molecule has 0 rings (SSSR count). The van der Waals surface area contributed by atoms with Gasteiger partial charge in [0.05, 0.1) is 19.6 Å². The minimum atomic E-state index is -4.78. The van der Waals surface area contributed by atoms with Gasteiger partial charge in [-0.25, -0.2) is 9.36 Å². The lowest BCUT2D eigenvalue weighted by molar-refractivity contribution is -0.146. The summed E-state index contributed by atoms with van der Waals surface area (Å²) in [6.45, 7) is 2.39. The fourth-order valence-electron chi connectivity index (χ4n) is 6.28. The zero-order valence-electron chi connectivity index (χ0n) is 39.1. The molecule has 4 N–H and O–H groups in total. The van der Waals surface area contributed by atoms with E-state index in [1.165, 1.54) is 89.9 Å². The Morgan fingerprint density at radius 3 is 1.29 bits per heavy atom. The highest BCUT2D eigenvalue weighted by molar-refractivity contribution is 7.47. The second-order valence-electron chi connectivity index (χ2n) is 15.9. The molecule has 0 aliphatic carbocycles. The molecule has 11 nitrogen and oxygen atoms in total. The third-order valence-electron chi connectivity index (χ3n) is 9.98. The van der Waals surface area contributed by atoms with Crippen LogP contribution in [0.2, 0.25) is 0 Å². The molecule has 0 fully saturated rings. The van der Waals surface area contributed by atoms with Gasteiger partial charge in [0, 0.05) is 6.42 Å². The summed E-state index contributed by atoms with van der Waals surface area (Å²) in [6, 6.07) is -1.56. The maximum atomic E-state index is 12.3. The Bertz CT molecular complexity index is 1390. The topological polar surface area (TPSA) is 169 Å². The van der Waals surface area contributed by atoms with Crippen molar-refractivity contribution in [3.63, 3.8) is 0 Å². The average molecular weight is 904 g/mol. The highest BCUT2D eigenvalue weighted by Crippen LogP contribution is 2.43. The number of hydrogen-bond donors (Lipinski definition) is 4. The van der Waals surface area contributed by atoms with E-state index in [4.69, 9.17) is 13.8 Å². The van der Waals surface area contributed by atoms with Crippen LogP contribution in [0.5, 0.6) is 0 Å². The number of allylic oxidation sites excluding steroid dienone is 13. The normalized spacial score (nSPS) is 14.3. The molecule has 3 atom stereocenters. The van der Waals surface area contributed by atoms with E-state index in [9.17, 15) is 34.1 Å². The Morgan fingerprint density at radius 1 is 0.524 bits per heavy atom. The largest absolute Gasteiger partial charge is 0.480 e. The molecule has 0 aliphatic rings. The van der Waals surface area contributed by atoms with Gasteiger partial charge in [-0.15, -0.1) is 0 Å². The maximum Gasteiger partial charge on any atom is 0.472 e. The van der Waals surface area contributed by atoms with Crippen molar-refractivity contribution in [1.29, 1.82) is 0 Å². The van der Waals surface area contributed by atoms with E-state index in [0.717, 1.165) is 57.8 Å². The number of rotatable bonds is 44. The summed E-state index contributed by atoms with van der Waals surface area (Å²) < 4.78 is 26.8. The molecule has 0 heterocycles. The number of carbonyl (C=O) groups excluding carboxylic acids is 2. The van der Waals surface area contributed by atoms with Gasteiger partial charge in [-0.1, -0.05) is 208 Å². The number of aliphatic hydroxyl groups is 1. The van der Waals surface area contributed by atoms with Gasteiger partial charge in [0.2, 0.25) is 5.91 Å². The van der Waals surface area contributed by atoms with Crippen LogP contribution in [0.3, 0.4) is 0 Å². The van der Waals surface area contributed by atoms with Crippen molar-refractivity contribution in [2.45, 2.75) is 199 Å². The number of ether oxygens (including phenoxy) is 1. The van der Waals surface area contributed by atoms with Gasteiger partial charge in [0.25, 0.3) is 0 Å². The van der Waals surface area contributed by atoms with E-state index in [-0.39, 0.29) is 12.8 Å². The number of amides is 1. The number of aliphatic hydroxyl groups excluding tert-OH is 1. The van der Waals surface area contributed by atoms with Gasteiger partial charge in [-0.05, 0) is 51.4 Å². The third kappa shape index (κ3) is 45.0. The first-order valence-electron chi connectivity index (χ1n) is 24.1.